The molecule has 0 aliphatic carbocycles. The van der Waals surface area contributed by atoms with E-state index in [9.17, 15) is 9.59 Å². The van der Waals surface area contributed by atoms with E-state index < -0.39 is 0 Å². The van der Waals surface area contributed by atoms with Crippen LogP contribution in [0, 0.1) is 5.41 Å². The van der Waals surface area contributed by atoms with E-state index in [1.54, 1.807) is 0 Å². The van der Waals surface area contributed by atoms with Crippen molar-refractivity contribution in [1.29, 1.82) is 0 Å². The molecule has 2 saturated heterocycles. The van der Waals surface area contributed by atoms with Crippen LogP contribution in [0.25, 0.3) is 0 Å². The average molecular weight is 296 g/mol. The second kappa shape index (κ2) is 6.77. The van der Waals surface area contributed by atoms with E-state index in [-0.39, 0.29) is 29.4 Å². The van der Waals surface area contributed by atoms with Gasteiger partial charge in [0.1, 0.15) is 0 Å². The molecule has 2 aliphatic heterocycles. The average Bonchev–Trinajstić information content (AvgIpc) is 2.46. The molecule has 2 fully saturated rings. The minimum Gasteiger partial charge on any atom is -0.469 e. The fourth-order valence-electron chi connectivity index (χ4n) is 3.58. The quantitative estimate of drug-likeness (QED) is 0.806. The normalized spacial score (nSPS) is 29.0. The van der Waals surface area contributed by atoms with Crippen LogP contribution in [0.15, 0.2) is 0 Å². The largest absolute Gasteiger partial charge is 0.469 e. The lowest BCUT2D eigenvalue weighted by atomic mass is 9.76. The van der Waals surface area contributed by atoms with Crippen molar-refractivity contribution in [2.24, 2.45) is 5.41 Å². The SMILES string of the molecule is COC(=O)CC1CCCCN1C(=O)C1NCCCC1(C)C. The van der Waals surface area contributed by atoms with Gasteiger partial charge in [-0.3, -0.25) is 9.59 Å². The first kappa shape index (κ1) is 16.3. The highest BCUT2D eigenvalue weighted by atomic mass is 16.5. The highest BCUT2D eigenvalue weighted by Crippen LogP contribution is 2.32. The summed E-state index contributed by atoms with van der Waals surface area (Å²) >= 11 is 0. The fraction of sp³-hybridized carbons (Fsp3) is 0.875. The number of piperidine rings is 2. The van der Waals surface area contributed by atoms with Crippen molar-refractivity contribution in [3.8, 4) is 0 Å². The van der Waals surface area contributed by atoms with Crippen LogP contribution in [0.1, 0.15) is 52.4 Å². The number of esters is 1. The molecule has 2 heterocycles. The Morgan fingerprint density at radius 2 is 2.05 bits per heavy atom. The molecule has 2 atom stereocenters. The van der Waals surface area contributed by atoms with Gasteiger partial charge in [-0.05, 0) is 44.1 Å². The molecule has 5 heteroatoms. The molecule has 0 saturated carbocycles. The number of ether oxygens (including phenoxy) is 1. The fourth-order valence-corrected chi connectivity index (χ4v) is 3.58. The van der Waals surface area contributed by atoms with Gasteiger partial charge in [-0.2, -0.15) is 0 Å². The number of carbonyl (C=O) groups excluding carboxylic acids is 2. The second-order valence-electron chi connectivity index (χ2n) is 6.94. The lowest BCUT2D eigenvalue weighted by molar-refractivity contribution is -0.146. The van der Waals surface area contributed by atoms with Crippen LogP contribution in [0.4, 0.5) is 0 Å². The summed E-state index contributed by atoms with van der Waals surface area (Å²) in [5, 5.41) is 3.39. The third-order valence-corrected chi connectivity index (χ3v) is 4.91. The highest BCUT2D eigenvalue weighted by Gasteiger charge is 2.41. The van der Waals surface area contributed by atoms with E-state index in [1.165, 1.54) is 7.11 Å². The van der Waals surface area contributed by atoms with Crippen LogP contribution >= 0.6 is 0 Å². The summed E-state index contributed by atoms with van der Waals surface area (Å²) in [6.45, 7) is 5.96. The summed E-state index contributed by atoms with van der Waals surface area (Å²) < 4.78 is 4.77. The number of rotatable bonds is 3. The number of hydrogen-bond acceptors (Lipinski definition) is 4. The number of carbonyl (C=O) groups is 2. The minimum atomic E-state index is -0.226. The molecule has 1 N–H and O–H groups in total. The molecular weight excluding hydrogens is 268 g/mol. The summed E-state index contributed by atoms with van der Waals surface area (Å²) in [5.41, 5.74) is -0.0252. The molecule has 5 nitrogen and oxygen atoms in total. The molecule has 2 unspecified atom stereocenters. The number of likely N-dealkylation sites (tertiary alicyclic amines) is 1. The van der Waals surface area contributed by atoms with Gasteiger partial charge in [0.2, 0.25) is 5.91 Å². The molecule has 0 aromatic carbocycles. The first-order valence-corrected chi connectivity index (χ1v) is 8.06. The van der Waals surface area contributed by atoms with Crippen molar-refractivity contribution in [3.05, 3.63) is 0 Å². The first-order chi connectivity index (χ1) is 9.95. The Hall–Kier alpha value is -1.10. The Kier molecular flexibility index (Phi) is 5.25. The number of amides is 1. The zero-order valence-electron chi connectivity index (χ0n) is 13.5. The van der Waals surface area contributed by atoms with Gasteiger partial charge in [0, 0.05) is 12.6 Å². The first-order valence-electron chi connectivity index (χ1n) is 8.06. The Balaban J connectivity index is 2.09. The van der Waals surface area contributed by atoms with Gasteiger partial charge < -0.3 is 15.0 Å². The Labute approximate surface area is 127 Å². The van der Waals surface area contributed by atoms with Crippen molar-refractivity contribution in [1.82, 2.24) is 10.2 Å². The summed E-state index contributed by atoms with van der Waals surface area (Å²) in [6.07, 6.45) is 5.49. The topological polar surface area (TPSA) is 58.6 Å². The van der Waals surface area contributed by atoms with Crippen molar-refractivity contribution < 1.29 is 14.3 Å². The van der Waals surface area contributed by atoms with E-state index in [1.807, 2.05) is 4.90 Å². The molecule has 2 aliphatic rings. The van der Waals surface area contributed by atoms with Gasteiger partial charge in [-0.15, -0.1) is 0 Å². The molecule has 0 aromatic heterocycles. The van der Waals surface area contributed by atoms with Gasteiger partial charge in [0.25, 0.3) is 0 Å². The zero-order chi connectivity index (χ0) is 15.5. The summed E-state index contributed by atoms with van der Waals surface area (Å²) in [5.74, 6) is -0.0659. The van der Waals surface area contributed by atoms with Crippen molar-refractivity contribution in [2.75, 3.05) is 20.2 Å². The maximum absolute atomic E-state index is 13.0. The number of nitrogens with one attached hydrogen (secondary N) is 1. The Morgan fingerprint density at radius 3 is 2.71 bits per heavy atom. The van der Waals surface area contributed by atoms with E-state index in [4.69, 9.17) is 4.74 Å². The smallest absolute Gasteiger partial charge is 0.307 e. The van der Waals surface area contributed by atoms with E-state index >= 15 is 0 Å². The summed E-state index contributed by atoms with van der Waals surface area (Å²) in [7, 11) is 1.41. The van der Waals surface area contributed by atoms with Crippen LogP contribution in [-0.4, -0.2) is 49.1 Å². The highest BCUT2D eigenvalue weighted by molar-refractivity contribution is 5.84. The number of hydrogen-bond donors (Lipinski definition) is 1. The number of methoxy groups -OCH3 is 1. The lowest BCUT2D eigenvalue weighted by Crippen LogP contribution is -2.59. The van der Waals surface area contributed by atoms with E-state index in [2.05, 4.69) is 19.2 Å². The maximum atomic E-state index is 13.0. The van der Waals surface area contributed by atoms with Gasteiger partial charge in [0.05, 0.1) is 19.6 Å². The Morgan fingerprint density at radius 1 is 1.29 bits per heavy atom. The van der Waals surface area contributed by atoms with Crippen LogP contribution in [0.5, 0.6) is 0 Å². The third kappa shape index (κ3) is 3.76. The molecule has 2 rings (SSSR count). The molecule has 1 amide bonds. The third-order valence-electron chi connectivity index (χ3n) is 4.91. The van der Waals surface area contributed by atoms with E-state index in [0.717, 1.165) is 45.2 Å². The minimum absolute atomic E-state index is 0.00164. The molecule has 0 bridgehead atoms. The summed E-state index contributed by atoms with van der Waals surface area (Å²) in [6, 6.07) is -0.136. The molecular formula is C16H28N2O3. The molecule has 0 radical (unpaired) electrons. The van der Waals surface area contributed by atoms with Gasteiger partial charge in [-0.1, -0.05) is 13.8 Å². The van der Waals surface area contributed by atoms with Gasteiger partial charge in [0.15, 0.2) is 0 Å². The van der Waals surface area contributed by atoms with Crippen LogP contribution in [-0.2, 0) is 14.3 Å². The van der Waals surface area contributed by atoms with Gasteiger partial charge >= 0.3 is 5.97 Å². The van der Waals surface area contributed by atoms with Crippen LogP contribution in [0.3, 0.4) is 0 Å². The predicted octanol–water partition coefficient (Wildman–Crippen LogP) is 1.71. The van der Waals surface area contributed by atoms with Gasteiger partial charge in [-0.25, -0.2) is 0 Å². The second-order valence-corrected chi connectivity index (χ2v) is 6.94. The summed E-state index contributed by atoms with van der Waals surface area (Å²) in [4.78, 5) is 26.5. The number of nitrogens with zero attached hydrogens (tertiary/aromatic N) is 1. The standard InChI is InChI=1S/C16H28N2O3/c1-16(2)8-6-9-17-14(16)15(20)18-10-5-4-7-12(18)11-13(19)21-3/h12,14,17H,4-11H2,1-3H3. The molecule has 120 valence electrons. The van der Waals surface area contributed by atoms with Crippen LogP contribution in [0.2, 0.25) is 0 Å². The monoisotopic (exact) mass is 296 g/mol. The Bertz CT molecular complexity index is 395. The van der Waals surface area contributed by atoms with Crippen molar-refractivity contribution in [2.45, 2.75) is 64.5 Å². The molecule has 21 heavy (non-hydrogen) atoms. The van der Waals surface area contributed by atoms with E-state index in [0.29, 0.717) is 6.42 Å². The molecule has 0 spiro atoms. The molecule has 0 aromatic rings. The predicted molar refractivity (Wildman–Crippen MR) is 80.8 cm³/mol. The van der Waals surface area contributed by atoms with Crippen molar-refractivity contribution in [3.63, 3.8) is 0 Å². The van der Waals surface area contributed by atoms with Crippen molar-refractivity contribution >= 4 is 11.9 Å². The van der Waals surface area contributed by atoms with Crippen LogP contribution < -0.4 is 5.32 Å². The lowest BCUT2D eigenvalue weighted by Gasteiger charge is -2.44. The maximum Gasteiger partial charge on any atom is 0.307 e. The zero-order valence-corrected chi connectivity index (χ0v) is 13.5.